The van der Waals surface area contributed by atoms with E-state index < -0.39 is 23.5 Å². The molecule has 148 valence electrons. The molecular formula is C21H26N3O4+. The lowest BCUT2D eigenvalue weighted by Crippen LogP contribution is -3.11. The highest BCUT2D eigenvalue weighted by atomic mass is 16.3. The monoisotopic (exact) mass is 384 g/mol. The van der Waals surface area contributed by atoms with E-state index in [9.17, 15) is 14.7 Å². The van der Waals surface area contributed by atoms with Crippen molar-refractivity contribution < 1.29 is 24.0 Å². The van der Waals surface area contributed by atoms with E-state index in [2.05, 4.69) is 18.8 Å². The lowest BCUT2D eigenvalue weighted by molar-refractivity contribution is -0.896. The van der Waals surface area contributed by atoms with Gasteiger partial charge in [0.15, 0.2) is 11.5 Å². The summed E-state index contributed by atoms with van der Waals surface area (Å²) in [4.78, 5) is 33.1. The molecule has 3 rings (SSSR count). The summed E-state index contributed by atoms with van der Waals surface area (Å²) in [6.07, 6.45) is 3.77. The minimum atomic E-state index is -0.724. The van der Waals surface area contributed by atoms with Gasteiger partial charge in [-0.25, -0.2) is 0 Å². The fraction of sp³-hybridized carbons (Fsp3) is 0.381. The molecule has 0 spiro atoms. The number of aliphatic hydroxyl groups is 1. The predicted molar refractivity (Wildman–Crippen MR) is 103 cm³/mol. The van der Waals surface area contributed by atoms with E-state index in [0.29, 0.717) is 12.2 Å². The van der Waals surface area contributed by atoms with Gasteiger partial charge in [0.25, 0.3) is 5.91 Å². The van der Waals surface area contributed by atoms with Crippen molar-refractivity contribution in [2.75, 3.05) is 26.2 Å². The van der Waals surface area contributed by atoms with Crippen molar-refractivity contribution in [2.45, 2.75) is 26.3 Å². The van der Waals surface area contributed by atoms with Crippen LogP contribution < -0.4 is 4.90 Å². The number of nitrogens with zero attached hydrogens (tertiary/aromatic N) is 2. The molecule has 2 N–H and O–H groups in total. The summed E-state index contributed by atoms with van der Waals surface area (Å²) in [7, 11) is 0. The standard InChI is InChI=1S/C21H25N3O4/c1-3-23(4-2)12-8-13-24-18(15-9-5-6-11-22-15)17(20(26)21(24)27)19(25)16-10-7-14-28-16/h5-7,9-11,14,18,26H,3-4,8,12-13H2,1-2H3/p+1/t18-/m1/s1. The number of pyridine rings is 1. The summed E-state index contributed by atoms with van der Waals surface area (Å²) in [6, 6.07) is 7.73. The molecule has 0 fully saturated rings. The number of furan rings is 1. The molecule has 0 bridgehead atoms. The van der Waals surface area contributed by atoms with Gasteiger partial charge in [0.2, 0.25) is 5.78 Å². The van der Waals surface area contributed by atoms with Gasteiger partial charge < -0.3 is 19.3 Å². The van der Waals surface area contributed by atoms with E-state index in [-0.39, 0.29) is 11.3 Å². The summed E-state index contributed by atoms with van der Waals surface area (Å²) in [6.45, 7) is 7.63. The second-order valence-corrected chi connectivity index (χ2v) is 6.79. The molecule has 1 atom stereocenters. The van der Waals surface area contributed by atoms with Gasteiger partial charge in [-0.15, -0.1) is 0 Å². The van der Waals surface area contributed by atoms with Crippen LogP contribution in [0.3, 0.4) is 0 Å². The Morgan fingerprint density at radius 2 is 2.04 bits per heavy atom. The zero-order valence-corrected chi connectivity index (χ0v) is 16.2. The van der Waals surface area contributed by atoms with Crippen LogP contribution >= 0.6 is 0 Å². The topological polar surface area (TPSA) is 88.1 Å². The molecular weight excluding hydrogens is 358 g/mol. The van der Waals surface area contributed by atoms with Crippen LogP contribution in [0.2, 0.25) is 0 Å². The Bertz CT molecular complexity index is 842. The minimum Gasteiger partial charge on any atom is -0.503 e. The van der Waals surface area contributed by atoms with Gasteiger partial charge in [-0.1, -0.05) is 6.07 Å². The summed E-state index contributed by atoms with van der Waals surface area (Å²) in [5.74, 6) is -1.47. The van der Waals surface area contributed by atoms with Gasteiger partial charge in [-0.05, 0) is 38.1 Å². The Hall–Kier alpha value is -2.93. The van der Waals surface area contributed by atoms with Crippen molar-refractivity contribution in [2.24, 2.45) is 0 Å². The van der Waals surface area contributed by atoms with E-state index >= 15 is 0 Å². The largest absolute Gasteiger partial charge is 0.503 e. The van der Waals surface area contributed by atoms with Gasteiger partial charge in [-0.2, -0.15) is 0 Å². The molecule has 0 aromatic carbocycles. The van der Waals surface area contributed by atoms with Crippen LogP contribution in [-0.2, 0) is 4.79 Å². The highest BCUT2D eigenvalue weighted by Gasteiger charge is 2.44. The summed E-state index contributed by atoms with van der Waals surface area (Å²) < 4.78 is 5.20. The fourth-order valence-corrected chi connectivity index (χ4v) is 3.60. The Morgan fingerprint density at radius 1 is 1.25 bits per heavy atom. The predicted octanol–water partition coefficient (Wildman–Crippen LogP) is 1.57. The smallest absolute Gasteiger partial charge is 0.290 e. The Kier molecular flexibility index (Phi) is 6.26. The van der Waals surface area contributed by atoms with Gasteiger partial charge in [0.1, 0.15) is 6.04 Å². The van der Waals surface area contributed by atoms with Crippen LogP contribution in [0.15, 0.2) is 58.5 Å². The summed E-state index contributed by atoms with van der Waals surface area (Å²) >= 11 is 0. The van der Waals surface area contributed by atoms with Crippen LogP contribution in [0.4, 0.5) is 0 Å². The Morgan fingerprint density at radius 3 is 2.64 bits per heavy atom. The second-order valence-electron chi connectivity index (χ2n) is 6.79. The molecule has 0 unspecified atom stereocenters. The van der Waals surface area contributed by atoms with Gasteiger partial charge >= 0.3 is 0 Å². The molecule has 7 nitrogen and oxygen atoms in total. The zero-order chi connectivity index (χ0) is 20.1. The number of aliphatic hydroxyl groups excluding tert-OH is 1. The minimum absolute atomic E-state index is 0.0221. The molecule has 0 radical (unpaired) electrons. The zero-order valence-electron chi connectivity index (χ0n) is 16.2. The normalized spacial score (nSPS) is 17.0. The highest BCUT2D eigenvalue weighted by Crippen LogP contribution is 2.38. The molecule has 0 saturated carbocycles. The number of nitrogens with one attached hydrogen (secondary N) is 1. The third kappa shape index (κ3) is 3.84. The van der Waals surface area contributed by atoms with Crippen molar-refractivity contribution in [1.29, 1.82) is 0 Å². The van der Waals surface area contributed by atoms with Crippen LogP contribution in [0.5, 0.6) is 0 Å². The van der Waals surface area contributed by atoms with E-state index in [0.717, 1.165) is 26.1 Å². The van der Waals surface area contributed by atoms with Crippen LogP contribution in [0.25, 0.3) is 0 Å². The lowest BCUT2D eigenvalue weighted by Gasteiger charge is -2.26. The SMILES string of the molecule is CC[NH+](CC)CCCN1C(=O)C(O)=C(C(=O)c2ccco2)[C@H]1c1ccccn1. The first-order chi connectivity index (χ1) is 13.6. The number of carbonyl (C=O) groups excluding carboxylic acids is 2. The number of aromatic nitrogens is 1. The van der Waals surface area contributed by atoms with E-state index in [1.54, 1.807) is 30.5 Å². The van der Waals surface area contributed by atoms with Crippen molar-refractivity contribution in [3.05, 3.63) is 65.6 Å². The number of amides is 1. The molecule has 28 heavy (non-hydrogen) atoms. The van der Waals surface area contributed by atoms with Crippen molar-refractivity contribution in [3.63, 3.8) is 0 Å². The number of quaternary nitrogens is 1. The Labute approximate surface area is 164 Å². The third-order valence-electron chi connectivity index (χ3n) is 5.19. The number of rotatable bonds is 9. The summed E-state index contributed by atoms with van der Waals surface area (Å²) in [5.41, 5.74) is 0.568. The third-order valence-corrected chi connectivity index (χ3v) is 5.19. The second kappa shape index (κ2) is 8.84. The first-order valence-corrected chi connectivity index (χ1v) is 9.65. The van der Waals surface area contributed by atoms with Gasteiger partial charge in [0.05, 0.1) is 37.2 Å². The molecule has 0 aliphatic carbocycles. The number of ketones is 1. The quantitative estimate of drug-likeness (QED) is 0.641. The van der Waals surface area contributed by atoms with Crippen LogP contribution in [0.1, 0.15) is 42.6 Å². The lowest BCUT2D eigenvalue weighted by atomic mass is 9.98. The molecule has 7 heteroatoms. The molecule has 2 aromatic rings. The molecule has 1 aliphatic heterocycles. The van der Waals surface area contributed by atoms with Crippen LogP contribution in [-0.4, -0.2) is 52.9 Å². The van der Waals surface area contributed by atoms with Gasteiger partial charge in [-0.3, -0.25) is 14.6 Å². The Balaban J connectivity index is 1.90. The van der Waals surface area contributed by atoms with E-state index in [1.807, 2.05) is 0 Å². The molecule has 3 heterocycles. The fourth-order valence-electron chi connectivity index (χ4n) is 3.60. The number of hydrogen-bond donors (Lipinski definition) is 2. The van der Waals surface area contributed by atoms with E-state index in [4.69, 9.17) is 4.42 Å². The maximum Gasteiger partial charge on any atom is 0.290 e. The molecule has 1 aliphatic rings. The van der Waals surface area contributed by atoms with Crippen molar-refractivity contribution in [3.8, 4) is 0 Å². The van der Waals surface area contributed by atoms with Gasteiger partial charge in [0, 0.05) is 19.2 Å². The van der Waals surface area contributed by atoms with Crippen molar-refractivity contribution in [1.82, 2.24) is 9.88 Å². The number of carbonyl (C=O) groups is 2. The first-order valence-electron chi connectivity index (χ1n) is 9.65. The maximum absolute atomic E-state index is 12.9. The highest BCUT2D eigenvalue weighted by molar-refractivity contribution is 6.14. The van der Waals surface area contributed by atoms with Crippen molar-refractivity contribution >= 4 is 11.7 Å². The first kappa shape index (κ1) is 19.8. The average molecular weight is 384 g/mol. The molecule has 1 amide bonds. The number of hydrogen-bond acceptors (Lipinski definition) is 5. The molecule has 2 aromatic heterocycles. The van der Waals surface area contributed by atoms with Crippen LogP contribution in [0, 0.1) is 0 Å². The average Bonchev–Trinajstić information content (AvgIpc) is 3.34. The van der Waals surface area contributed by atoms with E-state index in [1.165, 1.54) is 22.1 Å². The maximum atomic E-state index is 12.9. The molecule has 0 saturated heterocycles. The summed E-state index contributed by atoms with van der Waals surface area (Å²) in [5, 5.41) is 10.5. The number of Topliss-reactive ketones (excluding diaryl/α,β-unsaturated/α-hetero) is 1.